The Hall–Kier alpha value is -1.38. The standard InChI is InChI=1S/C13H15FN2/c1-9-12-8-10(14)6-7-13(12)16(15-9)11-4-2-3-5-11/h6-8,11H,2-5H2,1H3. The van der Waals surface area contributed by atoms with Gasteiger partial charge in [-0.05, 0) is 38.0 Å². The van der Waals surface area contributed by atoms with E-state index in [1.54, 1.807) is 6.07 Å². The van der Waals surface area contributed by atoms with Gasteiger partial charge in [-0.15, -0.1) is 0 Å². The first-order valence-electron chi connectivity index (χ1n) is 5.90. The molecule has 0 atom stereocenters. The number of halogens is 1. The molecule has 0 bridgehead atoms. The Balaban J connectivity index is 2.18. The van der Waals surface area contributed by atoms with Gasteiger partial charge in [0, 0.05) is 5.39 Å². The highest BCUT2D eigenvalue weighted by molar-refractivity contribution is 5.81. The van der Waals surface area contributed by atoms with Crippen LogP contribution >= 0.6 is 0 Å². The van der Waals surface area contributed by atoms with Crippen LogP contribution in [0.25, 0.3) is 10.9 Å². The van der Waals surface area contributed by atoms with Crippen LogP contribution in [0, 0.1) is 12.7 Å². The molecule has 1 aliphatic carbocycles. The number of fused-ring (bicyclic) bond motifs is 1. The van der Waals surface area contributed by atoms with Gasteiger partial charge in [-0.1, -0.05) is 12.8 Å². The van der Waals surface area contributed by atoms with Crippen molar-refractivity contribution < 1.29 is 4.39 Å². The summed E-state index contributed by atoms with van der Waals surface area (Å²) in [5.74, 6) is -0.179. The third kappa shape index (κ3) is 1.42. The van der Waals surface area contributed by atoms with Crippen molar-refractivity contribution in [3.05, 3.63) is 29.7 Å². The van der Waals surface area contributed by atoms with Crippen molar-refractivity contribution in [2.24, 2.45) is 0 Å². The second kappa shape index (κ2) is 3.58. The minimum atomic E-state index is -0.179. The molecule has 1 heterocycles. The minimum Gasteiger partial charge on any atom is -0.262 e. The van der Waals surface area contributed by atoms with Gasteiger partial charge < -0.3 is 0 Å². The molecule has 1 fully saturated rings. The van der Waals surface area contributed by atoms with Crippen LogP contribution in [0.5, 0.6) is 0 Å². The van der Waals surface area contributed by atoms with Crippen LogP contribution < -0.4 is 0 Å². The summed E-state index contributed by atoms with van der Waals surface area (Å²) >= 11 is 0. The van der Waals surface area contributed by atoms with E-state index in [0.717, 1.165) is 16.6 Å². The fourth-order valence-corrected chi connectivity index (χ4v) is 2.69. The van der Waals surface area contributed by atoms with Gasteiger partial charge >= 0.3 is 0 Å². The Morgan fingerprint density at radius 3 is 2.81 bits per heavy atom. The summed E-state index contributed by atoms with van der Waals surface area (Å²) in [6.07, 6.45) is 4.97. The van der Waals surface area contributed by atoms with Crippen molar-refractivity contribution in [3.63, 3.8) is 0 Å². The Kier molecular flexibility index (Phi) is 2.20. The third-order valence-corrected chi connectivity index (χ3v) is 3.52. The average Bonchev–Trinajstić information content (AvgIpc) is 2.87. The van der Waals surface area contributed by atoms with E-state index in [1.165, 1.54) is 31.7 Å². The minimum absolute atomic E-state index is 0.179. The van der Waals surface area contributed by atoms with E-state index < -0.39 is 0 Å². The van der Waals surface area contributed by atoms with E-state index in [1.807, 2.05) is 13.0 Å². The van der Waals surface area contributed by atoms with Gasteiger partial charge in [-0.25, -0.2) is 4.39 Å². The second-order valence-electron chi connectivity index (χ2n) is 4.63. The monoisotopic (exact) mass is 218 g/mol. The van der Waals surface area contributed by atoms with Crippen LogP contribution in [0.3, 0.4) is 0 Å². The molecular weight excluding hydrogens is 203 g/mol. The fourth-order valence-electron chi connectivity index (χ4n) is 2.69. The number of nitrogens with zero attached hydrogens (tertiary/aromatic N) is 2. The first-order valence-corrected chi connectivity index (χ1v) is 5.90. The summed E-state index contributed by atoms with van der Waals surface area (Å²) in [6.45, 7) is 1.95. The number of aryl methyl sites for hydroxylation is 1. The first-order chi connectivity index (χ1) is 7.75. The van der Waals surface area contributed by atoms with Crippen LogP contribution in [-0.2, 0) is 0 Å². The molecule has 2 aromatic rings. The Labute approximate surface area is 94.1 Å². The largest absolute Gasteiger partial charge is 0.262 e. The number of benzene rings is 1. The molecule has 1 aromatic heterocycles. The zero-order chi connectivity index (χ0) is 11.1. The van der Waals surface area contributed by atoms with Crippen LogP contribution in [-0.4, -0.2) is 9.78 Å². The molecule has 16 heavy (non-hydrogen) atoms. The number of hydrogen-bond donors (Lipinski definition) is 0. The van der Waals surface area contributed by atoms with Crippen molar-refractivity contribution in [1.82, 2.24) is 9.78 Å². The van der Waals surface area contributed by atoms with Gasteiger partial charge in [-0.2, -0.15) is 5.10 Å². The molecule has 0 amide bonds. The van der Waals surface area contributed by atoms with E-state index in [0.29, 0.717) is 6.04 Å². The van der Waals surface area contributed by atoms with Gasteiger partial charge in [0.05, 0.1) is 17.3 Å². The lowest BCUT2D eigenvalue weighted by Gasteiger charge is -2.10. The first kappa shape index (κ1) is 9.82. The van der Waals surface area contributed by atoms with Crippen molar-refractivity contribution >= 4 is 10.9 Å². The lowest BCUT2D eigenvalue weighted by Crippen LogP contribution is -2.06. The Bertz CT molecular complexity index is 524. The van der Waals surface area contributed by atoms with Crippen molar-refractivity contribution in [3.8, 4) is 0 Å². The summed E-state index contributed by atoms with van der Waals surface area (Å²) in [6, 6.07) is 5.47. The van der Waals surface area contributed by atoms with Crippen molar-refractivity contribution in [1.29, 1.82) is 0 Å². The normalized spacial score (nSPS) is 17.4. The molecule has 3 heteroatoms. The molecule has 1 aliphatic rings. The lowest BCUT2D eigenvalue weighted by molar-refractivity contribution is 0.479. The summed E-state index contributed by atoms with van der Waals surface area (Å²) in [7, 11) is 0. The topological polar surface area (TPSA) is 17.8 Å². The maximum Gasteiger partial charge on any atom is 0.124 e. The summed E-state index contributed by atoms with van der Waals surface area (Å²) in [5.41, 5.74) is 2.01. The van der Waals surface area contributed by atoms with Gasteiger partial charge in [0.25, 0.3) is 0 Å². The molecule has 1 saturated carbocycles. The highest BCUT2D eigenvalue weighted by atomic mass is 19.1. The molecule has 0 saturated heterocycles. The molecular formula is C13H15FN2. The predicted molar refractivity (Wildman–Crippen MR) is 61.9 cm³/mol. The van der Waals surface area contributed by atoms with Crippen LogP contribution in [0.1, 0.15) is 37.4 Å². The molecule has 0 N–H and O–H groups in total. The summed E-state index contributed by atoms with van der Waals surface area (Å²) < 4.78 is 15.3. The zero-order valence-corrected chi connectivity index (χ0v) is 9.41. The van der Waals surface area contributed by atoms with E-state index in [2.05, 4.69) is 9.78 Å². The second-order valence-corrected chi connectivity index (χ2v) is 4.63. The summed E-state index contributed by atoms with van der Waals surface area (Å²) in [4.78, 5) is 0. The predicted octanol–water partition coefficient (Wildman–Crippen LogP) is 3.60. The van der Waals surface area contributed by atoms with Crippen molar-refractivity contribution in [2.45, 2.75) is 38.6 Å². The quantitative estimate of drug-likeness (QED) is 0.715. The Morgan fingerprint density at radius 1 is 1.31 bits per heavy atom. The molecule has 0 spiro atoms. The maximum absolute atomic E-state index is 13.2. The molecule has 2 nitrogen and oxygen atoms in total. The smallest absolute Gasteiger partial charge is 0.124 e. The highest BCUT2D eigenvalue weighted by Gasteiger charge is 2.20. The highest BCUT2D eigenvalue weighted by Crippen LogP contribution is 2.32. The van der Waals surface area contributed by atoms with E-state index in [4.69, 9.17) is 0 Å². The molecule has 84 valence electrons. The van der Waals surface area contributed by atoms with Gasteiger partial charge in [0.1, 0.15) is 5.82 Å². The van der Waals surface area contributed by atoms with Gasteiger partial charge in [-0.3, -0.25) is 4.68 Å². The van der Waals surface area contributed by atoms with Crippen LogP contribution in [0.2, 0.25) is 0 Å². The average molecular weight is 218 g/mol. The number of rotatable bonds is 1. The van der Waals surface area contributed by atoms with E-state index >= 15 is 0 Å². The molecule has 1 aromatic carbocycles. The van der Waals surface area contributed by atoms with Crippen LogP contribution in [0.15, 0.2) is 18.2 Å². The lowest BCUT2D eigenvalue weighted by atomic mass is 10.2. The van der Waals surface area contributed by atoms with Crippen molar-refractivity contribution in [2.75, 3.05) is 0 Å². The summed E-state index contributed by atoms with van der Waals surface area (Å²) in [5, 5.41) is 5.51. The molecule has 3 rings (SSSR count). The number of aromatic nitrogens is 2. The molecule has 0 aliphatic heterocycles. The van der Waals surface area contributed by atoms with Crippen LogP contribution in [0.4, 0.5) is 4.39 Å². The number of hydrogen-bond acceptors (Lipinski definition) is 1. The fraction of sp³-hybridized carbons (Fsp3) is 0.462. The molecule has 0 radical (unpaired) electrons. The maximum atomic E-state index is 13.2. The van der Waals surface area contributed by atoms with Gasteiger partial charge in [0.15, 0.2) is 0 Å². The SMILES string of the molecule is Cc1nn(C2CCCC2)c2ccc(F)cc12. The van der Waals surface area contributed by atoms with E-state index in [9.17, 15) is 4.39 Å². The van der Waals surface area contributed by atoms with E-state index in [-0.39, 0.29) is 5.82 Å². The third-order valence-electron chi connectivity index (χ3n) is 3.52. The van der Waals surface area contributed by atoms with Gasteiger partial charge in [0.2, 0.25) is 0 Å². The molecule has 0 unspecified atom stereocenters. The zero-order valence-electron chi connectivity index (χ0n) is 9.41. The Morgan fingerprint density at radius 2 is 2.06 bits per heavy atom.